The summed E-state index contributed by atoms with van der Waals surface area (Å²) in [5.74, 6) is 0.114. The number of aliphatic imine (C=N–C) groups is 1. The van der Waals surface area contributed by atoms with E-state index >= 15 is 0 Å². The topological polar surface area (TPSA) is 29.4 Å². The molecule has 3 heteroatoms. The molecule has 0 saturated heterocycles. The first-order chi connectivity index (χ1) is 3.83. The van der Waals surface area contributed by atoms with E-state index in [1.165, 1.54) is 6.08 Å². The number of carbonyl (C=O) groups excluding carboxylic acids is 1. The van der Waals surface area contributed by atoms with E-state index in [9.17, 15) is 4.79 Å². The van der Waals surface area contributed by atoms with Crippen LogP contribution in [0.4, 0.5) is 0 Å². The Hall–Kier alpha value is -0.630. The third kappa shape index (κ3) is 0.954. The number of halogens is 1. The van der Waals surface area contributed by atoms with Crippen molar-refractivity contribution >= 4 is 23.2 Å². The molecule has 0 unspecified atom stereocenters. The molecule has 0 N–H and O–H groups in total. The molecule has 0 saturated carbocycles. The van der Waals surface area contributed by atoms with Gasteiger partial charge < -0.3 is 0 Å². The van der Waals surface area contributed by atoms with Gasteiger partial charge in [0.05, 0.1) is 11.6 Å². The summed E-state index contributed by atoms with van der Waals surface area (Å²) in [6.45, 7) is 0. The molecule has 0 aromatic rings. The minimum Gasteiger partial charge on any atom is -0.267 e. The summed E-state index contributed by atoms with van der Waals surface area (Å²) in [7, 11) is 0. The lowest BCUT2D eigenvalue weighted by Gasteiger charge is -1.79. The molecular weight excluding hydrogens is 126 g/mol. The fraction of sp³-hybridized carbons (Fsp3) is 0.200. The lowest BCUT2D eigenvalue weighted by atomic mass is 10.4. The maximum atomic E-state index is 10.3. The molecule has 0 aromatic heterocycles. The maximum Gasteiger partial charge on any atom is 0.270 e. The lowest BCUT2D eigenvalue weighted by Crippen LogP contribution is -1.90. The van der Waals surface area contributed by atoms with Crippen LogP contribution in [0.25, 0.3) is 0 Å². The number of hydrogen-bond acceptors (Lipinski definition) is 1. The van der Waals surface area contributed by atoms with E-state index in [4.69, 9.17) is 11.6 Å². The van der Waals surface area contributed by atoms with Gasteiger partial charge in [-0.1, -0.05) is 0 Å². The van der Waals surface area contributed by atoms with Gasteiger partial charge in [0.15, 0.2) is 0 Å². The van der Waals surface area contributed by atoms with Gasteiger partial charge >= 0.3 is 0 Å². The number of amides is 1. The smallest absolute Gasteiger partial charge is 0.267 e. The van der Waals surface area contributed by atoms with Gasteiger partial charge in [-0.05, 0) is 6.08 Å². The van der Waals surface area contributed by atoms with E-state index in [0.29, 0.717) is 11.6 Å². The molecule has 42 valence electrons. The van der Waals surface area contributed by atoms with Crippen LogP contribution in [0.3, 0.4) is 0 Å². The van der Waals surface area contributed by atoms with E-state index in [-0.39, 0.29) is 5.91 Å². The van der Waals surface area contributed by atoms with Gasteiger partial charge in [0.2, 0.25) is 0 Å². The number of allylic oxidation sites excluding steroid dienone is 1. The molecule has 0 bridgehead atoms. The summed E-state index contributed by atoms with van der Waals surface area (Å²) >= 11 is 5.34. The summed E-state index contributed by atoms with van der Waals surface area (Å²) in [4.78, 5) is 13.8. The predicted octanol–water partition coefficient (Wildman–Crippen LogP) is 0.763. The third-order valence-electron chi connectivity index (χ3n) is 0.809. The Morgan fingerprint density at radius 1 is 1.62 bits per heavy atom. The standard InChI is InChI=1S/C5H4ClNO/c6-3-4-1-2-5(8)7-4/h1-2H,3H2. The Morgan fingerprint density at radius 2 is 2.38 bits per heavy atom. The Morgan fingerprint density at radius 3 is 2.62 bits per heavy atom. The Balaban J connectivity index is 2.72. The number of rotatable bonds is 1. The first kappa shape index (κ1) is 5.51. The molecule has 1 heterocycles. The minimum absolute atomic E-state index is 0.208. The zero-order chi connectivity index (χ0) is 5.98. The van der Waals surface area contributed by atoms with Crippen LogP contribution >= 0.6 is 11.6 Å². The summed E-state index contributed by atoms with van der Waals surface area (Å²) in [6, 6.07) is 0. The Bertz CT molecular complexity index is 171. The normalized spacial score (nSPS) is 17.1. The fourth-order valence-electron chi connectivity index (χ4n) is 0.458. The lowest BCUT2D eigenvalue weighted by molar-refractivity contribution is -0.113. The quantitative estimate of drug-likeness (QED) is 0.481. The summed E-state index contributed by atoms with van der Waals surface area (Å²) in [5, 5.41) is 0. The molecule has 1 aliphatic heterocycles. The summed E-state index contributed by atoms with van der Waals surface area (Å²) < 4.78 is 0. The molecule has 0 fully saturated rings. The molecule has 1 amide bonds. The molecule has 2 nitrogen and oxygen atoms in total. The molecular formula is C5H4ClNO. The second kappa shape index (κ2) is 2.09. The monoisotopic (exact) mass is 129 g/mol. The number of nitrogens with zero attached hydrogens (tertiary/aromatic N) is 1. The van der Waals surface area contributed by atoms with Crippen molar-refractivity contribution in [1.29, 1.82) is 0 Å². The van der Waals surface area contributed by atoms with Crippen molar-refractivity contribution < 1.29 is 4.79 Å². The third-order valence-corrected chi connectivity index (χ3v) is 1.08. The van der Waals surface area contributed by atoms with Crippen molar-refractivity contribution in [2.75, 3.05) is 5.88 Å². The molecule has 0 spiro atoms. The molecule has 8 heavy (non-hydrogen) atoms. The van der Waals surface area contributed by atoms with Gasteiger partial charge in [-0.3, -0.25) is 4.79 Å². The fourth-order valence-corrected chi connectivity index (χ4v) is 0.607. The Labute approximate surface area is 51.9 Å². The maximum absolute atomic E-state index is 10.3. The summed E-state index contributed by atoms with van der Waals surface area (Å²) in [5.41, 5.74) is 0.650. The molecule has 0 aliphatic carbocycles. The van der Waals surface area contributed by atoms with Gasteiger partial charge in [-0.2, -0.15) is 0 Å². The zero-order valence-corrected chi connectivity index (χ0v) is 4.85. The van der Waals surface area contributed by atoms with E-state index < -0.39 is 0 Å². The van der Waals surface area contributed by atoms with Crippen LogP contribution in [0, 0.1) is 0 Å². The highest BCUT2D eigenvalue weighted by Gasteiger charge is 2.02. The van der Waals surface area contributed by atoms with Gasteiger partial charge in [0, 0.05) is 6.08 Å². The van der Waals surface area contributed by atoms with Crippen molar-refractivity contribution in [3.05, 3.63) is 12.2 Å². The Kier molecular flexibility index (Phi) is 1.44. The second-order valence-electron chi connectivity index (χ2n) is 1.41. The van der Waals surface area contributed by atoms with Gasteiger partial charge in [0.25, 0.3) is 5.91 Å². The van der Waals surface area contributed by atoms with Crippen LogP contribution in [0.1, 0.15) is 0 Å². The van der Waals surface area contributed by atoms with E-state index in [0.717, 1.165) is 0 Å². The molecule has 0 radical (unpaired) electrons. The largest absolute Gasteiger partial charge is 0.270 e. The van der Waals surface area contributed by atoms with Gasteiger partial charge in [-0.25, -0.2) is 4.99 Å². The number of alkyl halides is 1. The predicted molar refractivity (Wildman–Crippen MR) is 32.3 cm³/mol. The van der Waals surface area contributed by atoms with E-state index in [2.05, 4.69) is 4.99 Å². The minimum atomic E-state index is -0.208. The molecule has 0 aromatic carbocycles. The number of carbonyl (C=O) groups is 1. The second-order valence-corrected chi connectivity index (χ2v) is 1.68. The van der Waals surface area contributed by atoms with Crippen molar-refractivity contribution in [2.24, 2.45) is 4.99 Å². The highest BCUT2D eigenvalue weighted by Crippen LogP contribution is 1.96. The highest BCUT2D eigenvalue weighted by molar-refractivity contribution is 6.33. The first-order valence-corrected chi connectivity index (χ1v) is 2.72. The van der Waals surface area contributed by atoms with Gasteiger partial charge in [0.1, 0.15) is 0 Å². The molecule has 1 rings (SSSR count). The van der Waals surface area contributed by atoms with Gasteiger partial charge in [-0.15, -0.1) is 11.6 Å². The van der Waals surface area contributed by atoms with E-state index in [1.807, 2.05) is 0 Å². The molecule has 1 aliphatic rings. The summed E-state index contributed by atoms with van der Waals surface area (Å²) in [6.07, 6.45) is 3.02. The van der Waals surface area contributed by atoms with Crippen LogP contribution in [0.5, 0.6) is 0 Å². The average molecular weight is 130 g/mol. The van der Waals surface area contributed by atoms with Crippen LogP contribution in [-0.2, 0) is 4.79 Å². The highest BCUT2D eigenvalue weighted by atomic mass is 35.5. The zero-order valence-electron chi connectivity index (χ0n) is 4.10. The SMILES string of the molecule is O=C1C=CC(CCl)=N1. The van der Waals surface area contributed by atoms with Crippen molar-refractivity contribution in [2.45, 2.75) is 0 Å². The number of hydrogen-bond donors (Lipinski definition) is 0. The van der Waals surface area contributed by atoms with Crippen LogP contribution in [0.2, 0.25) is 0 Å². The van der Waals surface area contributed by atoms with Crippen LogP contribution < -0.4 is 0 Å². The van der Waals surface area contributed by atoms with Crippen molar-refractivity contribution in [1.82, 2.24) is 0 Å². The van der Waals surface area contributed by atoms with Crippen LogP contribution in [-0.4, -0.2) is 17.5 Å². The van der Waals surface area contributed by atoms with Crippen molar-refractivity contribution in [3.63, 3.8) is 0 Å². The molecule has 0 atom stereocenters. The van der Waals surface area contributed by atoms with Crippen molar-refractivity contribution in [3.8, 4) is 0 Å². The average Bonchev–Trinajstić information content (AvgIpc) is 2.14. The van der Waals surface area contributed by atoms with E-state index in [1.54, 1.807) is 6.08 Å². The van der Waals surface area contributed by atoms with Crippen LogP contribution in [0.15, 0.2) is 17.1 Å². The first-order valence-electron chi connectivity index (χ1n) is 2.18.